The van der Waals surface area contributed by atoms with Crippen molar-refractivity contribution in [3.63, 3.8) is 0 Å². The molecule has 0 aromatic heterocycles. The number of hydrogen-bond donors (Lipinski definition) is 1. The Balaban J connectivity index is 1.44. The van der Waals surface area contributed by atoms with Crippen molar-refractivity contribution in [2.75, 3.05) is 5.73 Å². The summed E-state index contributed by atoms with van der Waals surface area (Å²) in [7, 11) is 0. The van der Waals surface area contributed by atoms with Crippen LogP contribution in [0.5, 0.6) is 0 Å². The van der Waals surface area contributed by atoms with Gasteiger partial charge in [-0.2, -0.15) is 0 Å². The van der Waals surface area contributed by atoms with Gasteiger partial charge in [0.15, 0.2) is 0 Å². The zero-order valence-electron chi connectivity index (χ0n) is 16.1. The molecule has 1 aromatic carbocycles. The first kappa shape index (κ1) is 17.8. The summed E-state index contributed by atoms with van der Waals surface area (Å²) < 4.78 is 0. The molecule has 2 saturated carbocycles. The Labute approximate surface area is 149 Å². The normalized spacial score (nSPS) is 31.1. The maximum absolute atomic E-state index is 6.08. The smallest absolute Gasteiger partial charge is 0.0373 e. The van der Waals surface area contributed by atoms with Crippen molar-refractivity contribution in [1.29, 1.82) is 0 Å². The fraction of sp³-hybridized carbons (Fsp3) is 0.739. The van der Waals surface area contributed by atoms with Crippen LogP contribution < -0.4 is 5.73 Å². The van der Waals surface area contributed by atoms with Gasteiger partial charge in [-0.05, 0) is 92.7 Å². The van der Waals surface area contributed by atoms with Gasteiger partial charge in [-0.3, -0.25) is 0 Å². The van der Waals surface area contributed by atoms with E-state index < -0.39 is 0 Å². The summed E-state index contributed by atoms with van der Waals surface area (Å²) in [5, 5.41) is 0. The minimum atomic E-state index is 0.960. The van der Waals surface area contributed by atoms with Crippen molar-refractivity contribution in [3.05, 3.63) is 28.8 Å². The predicted octanol–water partition coefficient (Wildman–Crippen LogP) is 6.45. The molecule has 2 aliphatic rings. The summed E-state index contributed by atoms with van der Waals surface area (Å²) in [6, 6.07) is 4.61. The Hall–Kier alpha value is -0.980. The van der Waals surface area contributed by atoms with Gasteiger partial charge in [0.2, 0.25) is 0 Å². The summed E-state index contributed by atoms with van der Waals surface area (Å²) >= 11 is 0. The maximum atomic E-state index is 6.08. The highest BCUT2D eigenvalue weighted by atomic mass is 14.6. The Morgan fingerprint density at radius 3 is 1.88 bits per heavy atom. The highest BCUT2D eigenvalue weighted by Gasteiger charge is 2.29. The minimum Gasteiger partial charge on any atom is -0.398 e. The summed E-state index contributed by atoms with van der Waals surface area (Å²) in [4.78, 5) is 0. The van der Waals surface area contributed by atoms with Crippen LogP contribution in [0.2, 0.25) is 0 Å². The number of rotatable bonds is 4. The second kappa shape index (κ2) is 7.93. The van der Waals surface area contributed by atoms with Crippen LogP contribution in [0.25, 0.3) is 0 Å². The fourth-order valence-corrected chi connectivity index (χ4v) is 5.29. The molecule has 0 heterocycles. The van der Waals surface area contributed by atoms with Gasteiger partial charge < -0.3 is 5.73 Å². The molecule has 0 spiro atoms. The molecule has 2 fully saturated rings. The first-order chi connectivity index (χ1) is 11.5. The van der Waals surface area contributed by atoms with Crippen LogP contribution >= 0.6 is 0 Å². The molecular formula is C23H37N. The summed E-state index contributed by atoms with van der Waals surface area (Å²) in [6.07, 6.45) is 14.6. The van der Waals surface area contributed by atoms with Crippen LogP contribution in [0.15, 0.2) is 12.1 Å². The van der Waals surface area contributed by atoms with Crippen LogP contribution in [-0.2, 0) is 6.42 Å². The third-order valence-electron chi connectivity index (χ3n) is 7.11. The molecule has 0 atom stereocenters. The maximum Gasteiger partial charge on any atom is 0.0373 e. The van der Waals surface area contributed by atoms with Gasteiger partial charge in [0.1, 0.15) is 0 Å². The van der Waals surface area contributed by atoms with Crippen LogP contribution in [0.1, 0.15) is 81.4 Å². The first-order valence-corrected chi connectivity index (χ1v) is 10.4. The number of aryl methyl sites for hydroxylation is 3. The topological polar surface area (TPSA) is 26.0 Å². The molecule has 0 unspecified atom stereocenters. The lowest BCUT2D eigenvalue weighted by Gasteiger charge is -2.37. The summed E-state index contributed by atoms with van der Waals surface area (Å²) in [5.41, 5.74) is 11.0. The number of benzene rings is 1. The van der Waals surface area contributed by atoms with Crippen LogP contribution in [0.4, 0.5) is 5.69 Å². The third-order valence-corrected chi connectivity index (χ3v) is 7.11. The molecule has 1 nitrogen and oxygen atoms in total. The molecule has 2 N–H and O–H groups in total. The molecule has 2 aliphatic carbocycles. The van der Waals surface area contributed by atoms with Gasteiger partial charge in [0.25, 0.3) is 0 Å². The van der Waals surface area contributed by atoms with Crippen molar-refractivity contribution < 1.29 is 0 Å². The molecule has 3 rings (SSSR count). The van der Waals surface area contributed by atoms with Gasteiger partial charge >= 0.3 is 0 Å². The summed E-state index contributed by atoms with van der Waals surface area (Å²) in [6.45, 7) is 6.72. The van der Waals surface area contributed by atoms with E-state index >= 15 is 0 Å². The van der Waals surface area contributed by atoms with E-state index in [-0.39, 0.29) is 0 Å². The van der Waals surface area contributed by atoms with E-state index in [1.165, 1.54) is 80.9 Å². The van der Waals surface area contributed by atoms with Crippen LogP contribution in [0.3, 0.4) is 0 Å². The molecule has 1 aromatic rings. The molecular weight excluding hydrogens is 290 g/mol. The van der Waals surface area contributed by atoms with Gasteiger partial charge in [0, 0.05) is 5.69 Å². The predicted molar refractivity (Wildman–Crippen MR) is 105 cm³/mol. The molecule has 0 amide bonds. The van der Waals surface area contributed by atoms with Gasteiger partial charge in [0.05, 0.1) is 0 Å². The second-order valence-corrected chi connectivity index (χ2v) is 8.98. The second-order valence-electron chi connectivity index (χ2n) is 8.98. The first-order valence-electron chi connectivity index (χ1n) is 10.4. The van der Waals surface area contributed by atoms with Crippen molar-refractivity contribution in [1.82, 2.24) is 0 Å². The van der Waals surface area contributed by atoms with E-state index in [0.717, 1.165) is 29.4 Å². The fourth-order valence-electron chi connectivity index (χ4n) is 5.29. The Bertz CT molecular complexity index is 508. The quantitative estimate of drug-likeness (QED) is 0.632. The monoisotopic (exact) mass is 327 g/mol. The number of anilines is 1. The highest BCUT2D eigenvalue weighted by Crippen LogP contribution is 2.42. The van der Waals surface area contributed by atoms with E-state index in [1.807, 2.05) is 0 Å². The Morgan fingerprint density at radius 1 is 0.833 bits per heavy atom. The van der Waals surface area contributed by atoms with Crippen molar-refractivity contribution in [2.45, 2.75) is 85.0 Å². The Morgan fingerprint density at radius 2 is 1.33 bits per heavy atom. The van der Waals surface area contributed by atoms with Crippen molar-refractivity contribution >= 4 is 5.69 Å². The van der Waals surface area contributed by atoms with Crippen LogP contribution in [-0.4, -0.2) is 0 Å². The Kier molecular flexibility index (Phi) is 5.89. The largest absolute Gasteiger partial charge is 0.398 e. The van der Waals surface area contributed by atoms with Gasteiger partial charge in [-0.1, -0.05) is 44.7 Å². The van der Waals surface area contributed by atoms with Crippen molar-refractivity contribution in [2.24, 2.45) is 23.7 Å². The zero-order chi connectivity index (χ0) is 17.1. The van der Waals surface area contributed by atoms with Gasteiger partial charge in [-0.25, -0.2) is 0 Å². The molecule has 0 saturated heterocycles. The average Bonchev–Trinajstić information content (AvgIpc) is 2.59. The molecule has 0 bridgehead atoms. The SMILES string of the molecule is Cc1cc(CCC2CCC(C3CCC(C)CC3)CC2)cc(C)c1N. The molecule has 0 aliphatic heterocycles. The van der Waals surface area contributed by atoms with E-state index in [2.05, 4.69) is 32.9 Å². The molecule has 1 heteroatoms. The van der Waals surface area contributed by atoms with E-state index in [9.17, 15) is 0 Å². The lowest BCUT2D eigenvalue weighted by Crippen LogP contribution is -2.25. The highest BCUT2D eigenvalue weighted by molar-refractivity contribution is 5.54. The lowest BCUT2D eigenvalue weighted by atomic mass is 9.69. The summed E-state index contributed by atoms with van der Waals surface area (Å²) in [5.74, 6) is 4.06. The van der Waals surface area contributed by atoms with Crippen molar-refractivity contribution in [3.8, 4) is 0 Å². The van der Waals surface area contributed by atoms with E-state index in [1.54, 1.807) is 0 Å². The minimum absolute atomic E-state index is 0.960. The molecule has 24 heavy (non-hydrogen) atoms. The van der Waals surface area contributed by atoms with Gasteiger partial charge in [-0.15, -0.1) is 0 Å². The number of hydrogen-bond acceptors (Lipinski definition) is 1. The van der Waals surface area contributed by atoms with Crippen LogP contribution in [0, 0.1) is 37.5 Å². The third kappa shape index (κ3) is 4.35. The number of nitrogens with two attached hydrogens (primary N) is 1. The standard InChI is InChI=1S/C23H37N/c1-16-4-10-21(11-5-16)22-12-8-19(9-13-22)6-7-20-14-17(2)23(24)18(3)15-20/h14-16,19,21-22H,4-13,24H2,1-3H3. The van der Waals surface area contributed by atoms with E-state index in [4.69, 9.17) is 5.73 Å². The number of nitrogen functional groups attached to an aromatic ring is 1. The van der Waals surface area contributed by atoms with E-state index in [0.29, 0.717) is 0 Å². The molecule has 134 valence electrons. The lowest BCUT2D eigenvalue weighted by molar-refractivity contribution is 0.148. The molecule has 0 radical (unpaired) electrons. The average molecular weight is 328 g/mol. The zero-order valence-corrected chi connectivity index (χ0v) is 16.1.